The van der Waals surface area contributed by atoms with Crippen molar-refractivity contribution in [1.82, 2.24) is 24.4 Å². The Morgan fingerprint density at radius 1 is 1.38 bits per heavy atom. The van der Waals surface area contributed by atoms with Gasteiger partial charge in [0, 0.05) is 18.3 Å². The van der Waals surface area contributed by atoms with E-state index < -0.39 is 0 Å². The van der Waals surface area contributed by atoms with Gasteiger partial charge >= 0.3 is 0 Å². The van der Waals surface area contributed by atoms with Crippen LogP contribution in [-0.4, -0.2) is 24.4 Å². The summed E-state index contributed by atoms with van der Waals surface area (Å²) in [7, 11) is 0. The molecule has 1 unspecified atom stereocenters. The highest BCUT2D eigenvalue weighted by Gasteiger charge is 2.08. The van der Waals surface area contributed by atoms with Crippen molar-refractivity contribution in [2.75, 3.05) is 0 Å². The third kappa shape index (κ3) is 2.68. The van der Waals surface area contributed by atoms with Gasteiger partial charge in [-0.3, -0.25) is 9.20 Å². The Balaban J connectivity index is 1.98. The van der Waals surface area contributed by atoms with Crippen LogP contribution < -0.4 is 11.3 Å². The van der Waals surface area contributed by atoms with E-state index in [9.17, 15) is 4.79 Å². The van der Waals surface area contributed by atoms with Crippen LogP contribution in [0.25, 0.3) is 5.65 Å². The number of aryl methyl sites for hydroxylation is 1. The van der Waals surface area contributed by atoms with Gasteiger partial charge in [-0.1, -0.05) is 5.21 Å². The van der Waals surface area contributed by atoms with Gasteiger partial charge in [-0.25, -0.2) is 9.67 Å². The van der Waals surface area contributed by atoms with Crippen molar-refractivity contribution in [2.45, 2.75) is 26.4 Å². The van der Waals surface area contributed by atoms with Crippen molar-refractivity contribution < 1.29 is 0 Å². The first-order chi connectivity index (χ1) is 10.0. The van der Waals surface area contributed by atoms with Crippen molar-refractivity contribution in [3.8, 4) is 0 Å². The molecule has 3 heterocycles. The van der Waals surface area contributed by atoms with Gasteiger partial charge in [0.05, 0.1) is 24.1 Å². The maximum atomic E-state index is 12.1. The lowest BCUT2D eigenvalue weighted by Gasteiger charge is -2.04. The topological polar surface area (TPSA) is 91.1 Å². The third-order valence-corrected chi connectivity index (χ3v) is 3.22. The molecule has 1 atom stereocenters. The molecule has 0 bridgehead atoms. The Hall–Kier alpha value is -2.54. The Kier molecular flexibility index (Phi) is 3.26. The SMILES string of the molecule is Cc1ccn2c(=O)cc(Cn3cc(C(C)N)nn3)nc2c1. The largest absolute Gasteiger partial charge is 0.323 e. The average Bonchev–Trinajstić information content (AvgIpc) is 2.86. The van der Waals surface area contributed by atoms with Crippen LogP contribution in [0.3, 0.4) is 0 Å². The summed E-state index contributed by atoms with van der Waals surface area (Å²) in [4.78, 5) is 16.6. The van der Waals surface area contributed by atoms with Crippen LogP contribution in [0.5, 0.6) is 0 Å². The first-order valence-corrected chi connectivity index (χ1v) is 6.67. The summed E-state index contributed by atoms with van der Waals surface area (Å²) in [5.74, 6) is 0. The molecule has 0 aromatic carbocycles. The normalized spacial score (nSPS) is 12.7. The predicted molar refractivity (Wildman–Crippen MR) is 77.9 cm³/mol. The number of pyridine rings is 1. The smallest absolute Gasteiger partial charge is 0.258 e. The summed E-state index contributed by atoms with van der Waals surface area (Å²) in [5.41, 5.74) is 8.68. The van der Waals surface area contributed by atoms with Gasteiger partial charge in [-0.2, -0.15) is 0 Å². The highest BCUT2D eigenvalue weighted by Crippen LogP contribution is 2.06. The van der Waals surface area contributed by atoms with Crippen LogP contribution in [0.1, 0.15) is 29.9 Å². The van der Waals surface area contributed by atoms with Crippen molar-refractivity contribution >= 4 is 5.65 Å². The van der Waals surface area contributed by atoms with E-state index in [2.05, 4.69) is 15.3 Å². The lowest BCUT2D eigenvalue weighted by atomic mass is 10.3. The minimum Gasteiger partial charge on any atom is -0.323 e. The molecule has 0 saturated carbocycles. The molecule has 21 heavy (non-hydrogen) atoms. The van der Waals surface area contributed by atoms with Crippen molar-refractivity contribution in [1.29, 1.82) is 0 Å². The van der Waals surface area contributed by atoms with Gasteiger partial charge in [-0.15, -0.1) is 5.10 Å². The fraction of sp³-hybridized carbons (Fsp3) is 0.286. The summed E-state index contributed by atoms with van der Waals surface area (Å²) in [6.45, 7) is 4.20. The van der Waals surface area contributed by atoms with Crippen LogP contribution in [-0.2, 0) is 6.54 Å². The number of fused-ring (bicyclic) bond motifs is 1. The molecule has 108 valence electrons. The fourth-order valence-electron chi connectivity index (χ4n) is 2.10. The van der Waals surface area contributed by atoms with E-state index in [1.807, 2.05) is 26.0 Å². The van der Waals surface area contributed by atoms with E-state index in [1.54, 1.807) is 17.1 Å². The molecule has 3 aromatic rings. The first kappa shape index (κ1) is 13.4. The molecule has 0 amide bonds. The number of nitrogens with zero attached hydrogens (tertiary/aromatic N) is 5. The summed E-state index contributed by atoms with van der Waals surface area (Å²) in [6.07, 6.45) is 3.50. The number of hydrogen-bond acceptors (Lipinski definition) is 5. The molecule has 7 heteroatoms. The zero-order valence-electron chi connectivity index (χ0n) is 11.9. The molecular formula is C14H16N6O. The van der Waals surface area contributed by atoms with Crippen LogP contribution in [0.15, 0.2) is 35.4 Å². The quantitative estimate of drug-likeness (QED) is 0.763. The summed E-state index contributed by atoms with van der Waals surface area (Å²) < 4.78 is 3.15. The molecular weight excluding hydrogens is 268 g/mol. The molecule has 0 spiro atoms. The zero-order chi connectivity index (χ0) is 15.0. The van der Waals surface area contributed by atoms with Crippen molar-refractivity contribution in [3.63, 3.8) is 0 Å². The van der Waals surface area contributed by atoms with Crippen molar-refractivity contribution in [3.05, 3.63) is 57.9 Å². The molecule has 0 aliphatic heterocycles. The molecule has 0 radical (unpaired) electrons. The minimum absolute atomic E-state index is 0.109. The van der Waals surface area contributed by atoms with Gasteiger partial charge in [0.2, 0.25) is 0 Å². The molecule has 0 fully saturated rings. The molecule has 7 nitrogen and oxygen atoms in total. The van der Waals surface area contributed by atoms with E-state index in [4.69, 9.17) is 5.73 Å². The average molecular weight is 284 g/mol. The Morgan fingerprint density at radius 2 is 2.19 bits per heavy atom. The highest BCUT2D eigenvalue weighted by atomic mass is 16.1. The molecule has 0 aliphatic rings. The van der Waals surface area contributed by atoms with Crippen LogP contribution >= 0.6 is 0 Å². The van der Waals surface area contributed by atoms with E-state index in [1.165, 1.54) is 10.5 Å². The monoisotopic (exact) mass is 284 g/mol. The third-order valence-electron chi connectivity index (χ3n) is 3.22. The second kappa shape index (κ2) is 5.10. The fourth-order valence-corrected chi connectivity index (χ4v) is 2.10. The van der Waals surface area contributed by atoms with Crippen LogP contribution in [0, 0.1) is 6.92 Å². The van der Waals surface area contributed by atoms with Crippen LogP contribution in [0.4, 0.5) is 0 Å². The minimum atomic E-state index is -0.170. The molecule has 0 saturated heterocycles. The summed E-state index contributed by atoms with van der Waals surface area (Å²) in [6, 6.07) is 5.09. The second-order valence-electron chi connectivity index (χ2n) is 5.15. The van der Waals surface area contributed by atoms with E-state index in [0.717, 1.165) is 5.56 Å². The lowest BCUT2D eigenvalue weighted by Crippen LogP contribution is -2.17. The van der Waals surface area contributed by atoms with E-state index in [0.29, 0.717) is 23.6 Å². The maximum absolute atomic E-state index is 12.1. The van der Waals surface area contributed by atoms with Gasteiger partial charge in [0.1, 0.15) is 5.65 Å². The van der Waals surface area contributed by atoms with Crippen molar-refractivity contribution in [2.24, 2.45) is 5.73 Å². The van der Waals surface area contributed by atoms with Gasteiger partial charge in [0.15, 0.2) is 0 Å². The standard InChI is InChI=1S/C14H16N6O/c1-9-3-4-20-13(5-9)16-11(6-14(20)21)7-19-8-12(10(2)15)17-18-19/h3-6,8,10H,7,15H2,1-2H3. The summed E-state index contributed by atoms with van der Waals surface area (Å²) >= 11 is 0. The lowest BCUT2D eigenvalue weighted by molar-refractivity contribution is 0.636. The number of nitrogens with two attached hydrogens (primary N) is 1. The van der Waals surface area contributed by atoms with Gasteiger partial charge in [-0.05, 0) is 31.5 Å². The summed E-state index contributed by atoms with van der Waals surface area (Å²) in [5, 5.41) is 7.99. The second-order valence-corrected chi connectivity index (χ2v) is 5.15. The molecule has 3 aromatic heterocycles. The first-order valence-electron chi connectivity index (χ1n) is 6.67. The van der Waals surface area contributed by atoms with Crippen LogP contribution in [0.2, 0.25) is 0 Å². The number of rotatable bonds is 3. The van der Waals surface area contributed by atoms with E-state index >= 15 is 0 Å². The maximum Gasteiger partial charge on any atom is 0.258 e. The number of hydrogen-bond donors (Lipinski definition) is 1. The van der Waals surface area contributed by atoms with Gasteiger partial charge < -0.3 is 5.73 Å². The molecule has 3 rings (SSSR count). The van der Waals surface area contributed by atoms with E-state index in [-0.39, 0.29) is 11.6 Å². The Morgan fingerprint density at radius 3 is 2.90 bits per heavy atom. The zero-order valence-corrected chi connectivity index (χ0v) is 11.9. The predicted octanol–water partition coefficient (Wildman–Crippen LogP) is 0.662. The molecule has 2 N–H and O–H groups in total. The Labute approximate surface area is 121 Å². The Bertz CT molecular complexity index is 848. The number of aromatic nitrogens is 5. The highest BCUT2D eigenvalue weighted by molar-refractivity contribution is 5.41. The van der Waals surface area contributed by atoms with Gasteiger partial charge in [0.25, 0.3) is 5.56 Å². The molecule has 0 aliphatic carbocycles.